The van der Waals surface area contributed by atoms with Gasteiger partial charge < -0.3 is 10.4 Å². The number of nitro benzene ring substituents is 1. The molecule has 0 saturated heterocycles. The molecule has 10 heteroatoms. The van der Waals surface area contributed by atoms with Crippen molar-refractivity contribution >= 4 is 23.3 Å². The maximum Gasteiger partial charge on any atom is 0.471 e. The number of hydrogen-bond donors (Lipinski definition) is 2. The zero-order valence-electron chi connectivity index (χ0n) is 8.89. The van der Waals surface area contributed by atoms with Crippen molar-refractivity contribution in [3.05, 3.63) is 33.9 Å². The topological polar surface area (TPSA) is 110 Å². The average Bonchev–Trinajstić information content (AvgIpc) is 2.27. The Hall–Kier alpha value is -2.65. The number of amides is 1. The highest BCUT2D eigenvalue weighted by Crippen LogP contribution is 2.25. The summed E-state index contributed by atoms with van der Waals surface area (Å²) in [6.07, 6.45) is -5.24. The monoisotopic (exact) mass is 278 g/mol. The fraction of sp³-hybridized carbons (Fsp3) is 0.111. The summed E-state index contributed by atoms with van der Waals surface area (Å²) in [7, 11) is 0. The van der Waals surface area contributed by atoms with Crippen LogP contribution in [0.15, 0.2) is 18.2 Å². The van der Waals surface area contributed by atoms with Crippen molar-refractivity contribution in [2.75, 3.05) is 5.32 Å². The average molecular weight is 278 g/mol. The van der Waals surface area contributed by atoms with Crippen molar-refractivity contribution < 1.29 is 32.8 Å². The predicted molar refractivity (Wildman–Crippen MR) is 54.7 cm³/mol. The van der Waals surface area contributed by atoms with Crippen LogP contribution in [0.5, 0.6) is 0 Å². The van der Waals surface area contributed by atoms with E-state index in [-0.39, 0.29) is 0 Å². The molecule has 0 aliphatic rings. The van der Waals surface area contributed by atoms with Gasteiger partial charge in [0, 0.05) is 12.1 Å². The molecule has 0 spiro atoms. The molecule has 0 atom stereocenters. The standard InChI is InChI=1S/C9H5F3N2O5/c10-9(11,12)8(17)13-6-3-4(14(18)19)1-2-5(6)7(15)16/h1-3H,(H,13,17)(H,15,16). The third-order valence-corrected chi connectivity index (χ3v) is 1.95. The summed E-state index contributed by atoms with van der Waals surface area (Å²) in [6.45, 7) is 0. The number of halogens is 3. The Balaban J connectivity index is 3.22. The van der Waals surface area contributed by atoms with Gasteiger partial charge in [0.05, 0.1) is 16.2 Å². The first-order valence-electron chi connectivity index (χ1n) is 4.53. The highest BCUT2D eigenvalue weighted by molar-refractivity contribution is 6.02. The second-order valence-electron chi connectivity index (χ2n) is 3.24. The molecule has 0 radical (unpaired) electrons. The lowest BCUT2D eigenvalue weighted by Crippen LogP contribution is -2.30. The Morgan fingerprint density at radius 2 is 1.89 bits per heavy atom. The Morgan fingerprint density at radius 1 is 1.32 bits per heavy atom. The van der Waals surface area contributed by atoms with E-state index < -0.39 is 39.9 Å². The highest BCUT2D eigenvalue weighted by Gasteiger charge is 2.39. The van der Waals surface area contributed by atoms with Crippen LogP contribution >= 0.6 is 0 Å². The van der Waals surface area contributed by atoms with Gasteiger partial charge in [-0.3, -0.25) is 14.9 Å². The van der Waals surface area contributed by atoms with Crippen LogP contribution < -0.4 is 5.32 Å². The number of alkyl halides is 3. The van der Waals surface area contributed by atoms with Crippen molar-refractivity contribution in [3.63, 3.8) is 0 Å². The first-order chi connectivity index (χ1) is 8.62. The van der Waals surface area contributed by atoms with Gasteiger partial charge in [-0.05, 0) is 6.07 Å². The molecule has 1 aromatic carbocycles. The second kappa shape index (κ2) is 4.92. The zero-order valence-corrected chi connectivity index (χ0v) is 8.89. The van der Waals surface area contributed by atoms with Crippen molar-refractivity contribution in [1.82, 2.24) is 0 Å². The largest absolute Gasteiger partial charge is 0.478 e. The van der Waals surface area contributed by atoms with E-state index in [9.17, 15) is 32.9 Å². The summed E-state index contributed by atoms with van der Waals surface area (Å²) in [4.78, 5) is 30.9. The van der Waals surface area contributed by atoms with Crippen molar-refractivity contribution in [1.29, 1.82) is 0 Å². The molecule has 2 N–H and O–H groups in total. The number of benzene rings is 1. The lowest BCUT2D eigenvalue weighted by molar-refractivity contribution is -0.384. The molecule has 1 aromatic rings. The van der Waals surface area contributed by atoms with E-state index >= 15 is 0 Å². The summed E-state index contributed by atoms with van der Waals surface area (Å²) in [5, 5.41) is 20.4. The first kappa shape index (κ1) is 14.4. The highest BCUT2D eigenvalue weighted by atomic mass is 19.4. The van der Waals surface area contributed by atoms with Crippen LogP contribution in [0.3, 0.4) is 0 Å². The molecule has 0 aliphatic heterocycles. The van der Waals surface area contributed by atoms with E-state index in [1.54, 1.807) is 0 Å². The lowest BCUT2D eigenvalue weighted by atomic mass is 10.1. The number of nitrogens with zero attached hydrogens (tertiary/aromatic N) is 1. The molecule has 1 rings (SSSR count). The van der Waals surface area contributed by atoms with Crippen LogP contribution in [-0.2, 0) is 4.79 Å². The van der Waals surface area contributed by atoms with Gasteiger partial charge in [0.15, 0.2) is 0 Å². The molecule has 0 saturated carbocycles. The van der Waals surface area contributed by atoms with E-state index in [0.29, 0.717) is 6.07 Å². The molecule has 0 heterocycles. The van der Waals surface area contributed by atoms with Gasteiger partial charge >= 0.3 is 18.1 Å². The number of rotatable bonds is 3. The van der Waals surface area contributed by atoms with E-state index in [1.165, 1.54) is 5.32 Å². The molecule has 7 nitrogen and oxygen atoms in total. The Labute approximate surface area is 102 Å². The number of hydrogen-bond acceptors (Lipinski definition) is 4. The third-order valence-electron chi connectivity index (χ3n) is 1.95. The molecule has 102 valence electrons. The zero-order chi connectivity index (χ0) is 14.8. The minimum atomic E-state index is -5.24. The number of nitrogens with one attached hydrogen (secondary N) is 1. The van der Waals surface area contributed by atoms with Crippen LogP contribution in [0.1, 0.15) is 10.4 Å². The van der Waals surface area contributed by atoms with Gasteiger partial charge in [-0.2, -0.15) is 13.2 Å². The van der Waals surface area contributed by atoms with Crippen LogP contribution in [0.25, 0.3) is 0 Å². The van der Waals surface area contributed by atoms with E-state index in [1.807, 2.05) is 0 Å². The third kappa shape index (κ3) is 3.40. The Bertz CT molecular complexity index is 555. The summed E-state index contributed by atoms with van der Waals surface area (Å²) in [6, 6.07) is 2.06. The number of carboxylic acids is 1. The molecule has 0 bridgehead atoms. The molecule has 1 amide bonds. The minimum absolute atomic E-state index is 0.535. The first-order valence-corrected chi connectivity index (χ1v) is 4.53. The number of carbonyl (C=O) groups is 2. The Morgan fingerprint density at radius 3 is 2.32 bits per heavy atom. The van der Waals surface area contributed by atoms with Crippen LogP contribution in [0.2, 0.25) is 0 Å². The summed E-state index contributed by atoms with van der Waals surface area (Å²) in [5.74, 6) is -4.05. The van der Waals surface area contributed by atoms with Crippen LogP contribution in [0.4, 0.5) is 24.5 Å². The minimum Gasteiger partial charge on any atom is -0.478 e. The number of nitro groups is 1. The van der Waals surface area contributed by atoms with Gasteiger partial charge in [-0.25, -0.2) is 4.79 Å². The number of aromatic carboxylic acids is 1. The molecule has 0 aliphatic carbocycles. The smallest absolute Gasteiger partial charge is 0.471 e. The SMILES string of the molecule is O=C(O)c1ccc([N+](=O)[O-])cc1NC(=O)C(F)(F)F. The summed E-state index contributed by atoms with van der Waals surface area (Å²) < 4.78 is 36.1. The maximum absolute atomic E-state index is 12.0. The summed E-state index contributed by atoms with van der Waals surface area (Å²) in [5.41, 5.74) is -2.14. The van der Waals surface area contributed by atoms with Crippen molar-refractivity contribution in [2.24, 2.45) is 0 Å². The van der Waals surface area contributed by atoms with Crippen LogP contribution in [-0.4, -0.2) is 28.1 Å². The summed E-state index contributed by atoms with van der Waals surface area (Å²) >= 11 is 0. The van der Waals surface area contributed by atoms with Crippen molar-refractivity contribution in [3.8, 4) is 0 Å². The fourth-order valence-corrected chi connectivity index (χ4v) is 1.13. The molecule has 19 heavy (non-hydrogen) atoms. The van der Waals surface area contributed by atoms with E-state index in [2.05, 4.69) is 0 Å². The lowest BCUT2D eigenvalue weighted by Gasteiger charge is -2.10. The Kier molecular flexibility index (Phi) is 3.73. The van der Waals surface area contributed by atoms with Gasteiger partial charge in [-0.15, -0.1) is 0 Å². The van der Waals surface area contributed by atoms with Crippen molar-refractivity contribution in [2.45, 2.75) is 6.18 Å². The molecule has 0 unspecified atom stereocenters. The number of carboxylic acid groups (broad SMARTS) is 1. The molecular formula is C9H5F3N2O5. The fourth-order valence-electron chi connectivity index (χ4n) is 1.13. The number of anilines is 1. The number of carbonyl (C=O) groups excluding carboxylic acids is 1. The normalized spacial score (nSPS) is 10.9. The maximum atomic E-state index is 12.0. The quantitative estimate of drug-likeness (QED) is 0.647. The van der Waals surface area contributed by atoms with Gasteiger partial charge in [0.2, 0.25) is 0 Å². The predicted octanol–water partition coefficient (Wildman–Crippen LogP) is 1.79. The van der Waals surface area contributed by atoms with E-state index in [0.717, 1.165) is 12.1 Å². The molecule has 0 fully saturated rings. The van der Waals surface area contributed by atoms with Gasteiger partial charge in [0.1, 0.15) is 0 Å². The van der Waals surface area contributed by atoms with E-state index in [4.69, 9.17) is 5.11 Å². The number of non-ortho nitro benzene ring substituents is 1. The van der Waals surface area contributed by atoms with Crippen LogP contribution in [0, 0.1) is 10.1 Å². The molecular weight excluding hydrogens is 273 g/mol. The second-order valence-corrected chi connectivity index (χ2v) is 3.24. The molecule has 0 aromatic heterocycles. The van der Waals surface area contributed by atoms with Gasteiger partial charge in [0.25, 0.3) is 5.69 Å². The van der Waals surface area contributed by atoms with Gasteiger partial charge in [-0.1, -0.05) is 0 Å².